The predicted molar refractivity (Wildman–Crippen MR) is 112 cm³/mol. The lowest BCUT2D eigenvalue weighted by atomic mass is 9.86. The summed E-state index contributed by atoms with van der Waals surface area (Å²) in [6.45, 7) is 3.73. The minimum atomic E-state index is -0.941. The Morgan fingerprint density at radius 3 is 2.39 bits per heavy atom. The summed E-state index contributed by atoms with van der Waals surface area (Å²) in [5.41, 5.74) is 2.76. The molecule has 0 fully saturated rings. The van der Waals surface area contributed by atoms with Crippen LogP contribution in [0.15, 0.2) is 53.7 Å². The number of aromatic carboxylic acids is 1. The molecule has 1 N–H and O–H groups in total. The molecule has 28 heavy (non-hydrogen) atoms. The first kappa shape index (κ1) is 18.8. The molecule has 1 heterocycles. The molecule has 4 nitrogen and oxygen atoms in total. The zero-order chi connectivity index (χ0) is 20.1. The van der Waals surface area contributed by atoms with Crippen molar-refractivity contribution in [1.82, 2.24) is 0 Å². The van der Waals surface area contributed by atoms with Crippen LogP contribution in [-0.4, -0.2) is 16.8 Å². The Bertz CT molecular complexity index is 1140. The van der Waals surface area contributed by atoms with E-state index in [1.54, 1.807) is 13.0 Å². The van der Waals surface area contributed by atoms with Crippen LogP contribution in [0.5, 0.6) is 0 Å². The van der Waals surface area contributed by atoms with Crippen molar-refractivity contribution in [1.29, 1.82) is 0 Å². The normalized spacial score (nSPS) is 18.8. The van der Waals surface area contributed by atoms with E-state index in [0.29, 0.717) is 33.0 Å². The topological polar surface area (TPSA) is 58.9 Å². The van der Waals surface area contributed by atoms with Gasteiger partial charge < -0.3 is 9.94 Å². The van der Waals surface area contributed by atoms with Gasteiger partial charge >= 0.3 is 5.97 Å². The highest BCUT2D eigenvalue weighted by molar-refractivity contribution is 6.34. The third kappa shape index (κ3) is 3.13. The lowest BCUT2D eigenvalue weighted by molar-refractivity contribution is -0.00737. The fraction of sp³-hybridized carbons (Fsp3) is 0.182. The van der Waals surface area contributed by atoms with Gasteiger partial charge in [0.25, 0.3) is 0 Å². The first-order chi connectivity index (χ1) is 13.3. The van der Waals surface area contributed by atoms with Crippen molar-refractivity contribution in [3.63, 3.8) is 0 Å². The monoisotopic (exact) mass is 413 g/mol. The third-order valence-electron chi connectivity index (χ3n) is 5.10. The Morgan fingerprint density at radius 1 is 1.11 bits per heavy atom. The van der Waals surface area contributed by atoms with Gasteiger partial charge in [-0.15, -0.1) is 0 Å². The van der Waals surface area contributed by atoms with Crippen molar-refractivity contribution in [3.8, 4) is 0 Å². The third-order valence-corrected chi connectivity index (χ3v) is 5.54. The number of fused-ring (bicyclic) bond motifs is 1. The molecule has 1 atom stereocenters. The Labute approximate surface area is 172 Å². The summed E-state index contributed by atoms with van der Waals surface area (Å²) in [4.78, 5) is 17.6. The average molecular weight is 414 g/mol. The number of carboxylic acids is 1. The second kappa shape index (κ2) is 6.80. The summed E-state index contributed by atoms with van der Waals surface area (Å²) >= 11 is 12.3. The highest BCUT2D eigenvalue weighted by Gasteiger charge is 2.38. The Morgan fingerprint density at radius 2 is 1.75 bits per heavy atom. The molecule has 0 spiro atoms. The zero-order valence-corrected chi connectivity index (χ0v) is 16.8. The van der Waals surface area contributed by atoms with Gasteiger partial charge in [-0.05, 0) is 54.4 Å². The van der Waals surface area contributed by atoms with Gasteiger partial charge in [-0.25, -0.2) is 4.79 Å². The van der Waals surface area contributed by atoms with Crippen molar-refractivity contribution in [2.75, 3.05) is 0 Å². The lowest BCUT2D eigenvalue weighted by Crippen LogP contribution is -2.22. The van der Waals surface area contributed by atoms with E-state index in [4.69, 9.17) is 28.0 Å². The molecule has 0 amide bonds. The van der Waals surface area contributed by atoms with Gasteiger partial charge in [0, 0.05) is 27.6 Å². The maximum Gasteiger partial charge on any atom is 0.336 e. The number of nitrogens with zero attached hydrogens (tertiary/aromatic N) is 1. The SMILES string of the molecule is Cc1cc(C2=NOC(C)(c3cc(Cl)cc(Cl)c3)C2)c2ccccc2c1C(=O)O. The van der Waals surface area contributed by atoms with Crippen LogP contribution >= 0.6 is 23.2 Å². The van der Waals surface area contributed by atoms with Gasteiger partial charge in [0.1, 0.15) is 0 Å². The van der Waals surface area contributed by atoms with E-state index in [-0.39, 0.29) is 0 Å². The summed E-state index contributed by atoms with van der Waals surface area (Å²) in [5.74, 6) is -0.941. The van der Waals surface area contributed by atoms with Gasteiger partial charge in [0.05, 0.1) is 11.3 Å². The van der Waals surface area contributed by atoms with Crippen LogP contribution in [0.2, 0.25) is 10.0 Å². The van der Waals surface area contributed by atoms with Gasteiger partial charge in [-0.2, -0.15) is 0 Å². The van der Waals surface area contributed by atoms with Crippen LogP contribution in [0.3, 0.4) is 0 Å². The number of hydrogen-bond donors (Lipinski definition) is 1. The van der Waals surface area contributed by atoms with Crippen molar-refractivity contribution in [2.24, 2.45) is 5.16 Å². The van der Waals surface area contributed by atoms with Crippen LogP contribution in [0.4, 0.5) is 0 Å². The number of carboxylic acid groups (broad SMARTS) is 1. The van der Waals surface area contributed by atoms with Crippen LogP contribution in [-0.2, 0) is 10.4 Å². The molecule has 0 radical (unpaired) electrons. The minimum absolute atomic E-state index is 0.309. The number of carbonyl (C=O) groups is 1. The Balaban J connectivity index is 1.80. The predicted octanol–water partition coefficient (Wildman–Crippen LogP) is 6.19. The van der Waals surface area contributed by atoms with Crippen LogP contribution in [0.1, 0.15) is 40.4 Å². The Kier molecular flexibility index (Phi) is 4.56. The van der Waals surface area contributed by atoms with Gasteiger partial charge in [-0.3, -0.25) is 0 Å². The van der Waals surface area contributed by atoms with E-state index in [0.717, 1.165) is 22.2 Å². The van der Waals surface area contributed by atoms with Crippen LogP contribution < -0.4 is 0 Å². The fourth-order valence-corrected chi connectivity index (χ4v) is 4.26. The largest absolute Gasteiger partial charge is 0.478 e. The molecule has 4 rings (SSSR count). The number of benzene rings is 3. The van der Waals surface area contributed by atoms with E-state index in [1.165, 1.54) is 0 Å². The quantitative estimate of drug-likeness (QED) is 0.556. The summed E-state index contributed by atoms with van der Waals surface area (Å²) < 4.78 is 0. The number of rotatable bonds is 3. The minimum Gasteiger partial charge on any atom is -0.478 e. The maximum atomic E-state index is 11.7. The molecular formula is C22H17Cl2NO3. The summed E-state index contributed by atoms with van der Waals surface area (Å²) in [5, 5.41) is 16.6. The molecule has 6 heteroatoms. The van der Waals surface area contributed by atoms with E-state index in [9.17, 15) is 9.90 Å². The molecule has 3 aromatic rings. The first-order valence-corrected chi connectivity index (χ1v) is 9.52. The molecule has 0 aromatic heterocycles. The molecule has 0 saturated carbocycles. The molecule has 1 aliphatic rings. The van der Waals surface area contributed by atoms with E-state index in [1.807, 2.05) is 49.4 Å². The molecule has 1 unspecified atom stereocenters. The van der Waals surface area contributed by atoms with Gasteiger partial charge in [-0.1, -0.05) is 52.6 Å². The van der Waals surface area contributed by atoms with E-state index >= 15 is 0 Å². The fourth-order valence-electron chi connectivity index (χ4n) is 3.74. The smallest absolute Gasteiger partial charge is 0.336 e. The Hall–Kier alpha value is -2.56. The molecule has 0 bridgehead atoms. The highest BCUT2D eigenvalue weighted by atomic mass is 35.5. The second-order valence-corrected chi connectivity index (χ2v) is 8.03. The molecule has 3 aromatic carbocycles. The van der Waals surface area contributed by atoms with E-state index < -0.39 is 11.6 Å². The van der Waals surface area contributed by atoms with Crippen molar-refractivity contribution in [3.05, 3.63) is 80.8 Å². The van der Waals surface area contributed by atoms with Crippen molar-refractivity contribution < 1.29 is 14.7 Å². The van der Waals surface area contributed by atoms with Crippen molar-refractivity contribution >= 4 is 45.7 Å². The van der Waals surface area contributed by atoms with Crippen molar-refractivity contribution in [2.45, 2.75) is 25.9 Å². The molecule has 0 aliphatic carbocycles. The number of oxime groups is 1. The summed E-state index contributed by atoms with van der Waals surface area (Å²) in [6, 6.07) is 14.6. The zero-order valence-electron chi connectivity index (χ0n) is 15.3. The lowest BCUT2D eigenvalue weighted by Gasteiger charge is -2.22. The van der Waals surface area contributed by atoms with E-state index in [2.05, 4.69) is 5.16 Å². The molecule has 0 saturated heterocycles. The summed E-state index contributed by atoms with van der Waals surface area (Å²) in [6.07, 6.45) is 0.513. The van der Waals surface area contributed by atoms with Gasteiger partial charge in [0.15, 0.2) is 5.60 Å². The van der Waals surface area contributed by atoms with Crippen LogP contribution in [0.25, 0.3) is 10.8 Å². The van der Waals surface area contributed by atoms with Crippen LogP contribution in [0, 0.1) is 6.92 Å². The first-order valence-electron chi connectivity index (χ1n) is 8.76. The molecule has 142 valence electrons. The van der Waals surface area contributed by atoms with Gasteiger partial charge in [0.2, 0.25) is 0 Å². The number of hydrogen-bond acceptors (Lipinski definition) is 3. The number of halogens is 2. The molecule has 1 aliphatic heterocycles. The average Bonchev–Trinajstić information content (AvgIpc) is 3.03. The maximum absolute atomic E-state index is 11.7. The number of aryl methyl sites for hydroxylation is 1. The summed E-state index contributed by atoms with van der Waals surface area (Å²) in [7, 11) is 0. The second-order valence-electron chi connectivity index (χ2n) is 7.16. The molecular weight excluding hydrogens is 397 g/mol. The standard InChI is InChI=1S/C22H17Cl2NO3/c1-12-7-18(16-5-3-4-6-17(16)20(12)21(26)27)19-11-22(2,28-25-19)13-8-14(23)10-15(24)9-13/h3-10H,11H2,1-2H3,(H,26,27). The highest BCUT2D eigenvalue weighted by Crippen LogP contribution is 2.40.